The molecule has 0 aliphatic heterocycles. The molecule has 1 atom stereocenters. The van der Waals surface area contributed by atoms with Crippen molar-refractivity contribution in [3.8, 4) is 11.1 Å². The topological polar surface area (TPSA) is 113 Å². The first kappa shape index (κ1) is 35.5. The van der Waals surface area contributed by atoms with E-state index in [4.69, 9.17) is 16.2 Å². The van der Waals surface area contributed by atoms with Crippen LogP contribution in [0.1, 0.15) is 59.3 Å². The van der Waals surface area contributed by atoms with E-state index < -0.39 is 33.5 Å². The number of anilines is 1. The van der Waals surface area contributed by atoms with Gasteiger partial charge in [-0.05, 0) is 89.0 Å². The fourth-order valence-electron chi connectivity index (χ4n) is 4.94. The number of rotatable bonds is 11. The monoisotopic (exact) mass is 676 g/mol. The Morgan fingerprint density at radius 2 is 1.62 bits per heavy atom. The van der Waals surface area contributed by atoms with Gasteiger partial charge in [0.1, 0.15) is 5.82 Å². The summed E-state index contributed by atoms with van der Waals surface area (Å²) < 4.78 is 45.7. The molecule has 4 rings (SSSR count). The lowest BCUT2D eigenvalue weighted by molar-refractivity contribution is -0.117. The summed E-state index contributed by atoms with van der Waals surface area (Å²) in [7, 11) is -4.19. The largest absolute Gasteiger partial charge is 0.351 e. The molecule has 2 amide bonds. The molecule has 0 aliphatic carbocycles. The molecular formula is C37H38ClFN2O5S. The highest BCUT2D eigenvalue weighted by atomic mass is 35.5. The van der Waals surface area contributed by atoms with Crippen molar-refractivity contribution < 1.29 is 27.0 Å². The van der Waals surface area contributed by atoms with E-state index in [0.29, 0.717) is 33.8 Å². The van der Waals surface area contributed by atoms with Gasteiger partial charge < -0.3 is 10.6 Å². The van der Waals surface area contributed by atoms with Crippen molar-refractivity contribution in [2.75, 3.05) is 17.6 Å². The third-order valence-corrected chi connectivity index (χ3v) is 8.40. The summed E-state index contributed by atoms with van der Waals surface area (Å²) in [6.45, 7) is 7.95. The van der Waals surface area contributed by atoms with Gasteiger partial charge in [-0.2, -0.15) is 8.42 Å². The molecule has 0 fully saturated rings. The molecular weight excluding hydrogens is 639 g/mol. The zero-order valence-corrected chi connectivity index (χ0v) is 28.3. The van der Waals surface area contributed by atoms with Gasteiger partial charge in [-0.25, -0.2) is 4.39 Å². The second-order valence-corrected chi connectivity index (χ2v) is 14.5. The van der Waals surface area contributed by atoms with Crippen LogP contribution in [-0.2, 0) is 21.3 Å². The highest BCUT2D eigenvalue weighted by molar-refractivity contribution is 7.85. The maximum atomic E-state index is 15.0. The fraction of sp³-hybridized carbons (Fsp3) is 0.243. The summed E-state index contributed by atoms with van der Waals surface area (Å²) in [6.07, 6.45) is 4.45. The Morgan fingerprint density at radius 3 is 2.23 bits per heavy atom. The first-order valence-corrected chi connectivity index (χ1v) is 17.1. The minimum Gasteiger partial charge on any atom is -0.351 e. The summed E-state index contributed by atoms with van der Waals surface area (Å²) in [4.78, 5) is 26.4. The molecule has 0 aromatic heterocycles. The normalized spacial score (nSPS) is 12.6. The van der Waals surface area contributed by atoms with Gasteiger partial charge in [-0.15, -0.1) is 0 Å². The molecule has 0 saturated carbocycles. The summed E-state index contributed by atoms with van der Waals surface area (Å²) in [5.41, 5.74) is 5.12. The number of halogens is 2. The number of carbonyl (C=O) groups excluding carboxylic acids is 2. The molecule has 4 aromatic rings. The number of amides is 2. The smallest absolute Gasteiger partial charge is 0.266 e. The SMILES string of the molecule is Cc1cc(Cl)ccc1-c1cc(NC(=O)C(Cc2ccc(C(=O)NCCS(=O)(=O)O)cc2)c2ccc(/C=C/C(C)(C)C)cc2)ccc1F. The molecule has 10 heteroatoms. The van der Waals surface area contributed by atoms with Crippen LogP contribution in [-0.4, -0.2) is 37.1 Å². The first-order valence-electron chi connectivity index (χ1n) is 15.1. The van der Waals surface area contributed by atoms with Gasteiger partial charge in [-0.1, -0.05) is 87.0 Å². The third-order valence-electron chi connectivity index (χ3n) is 7.45. The minimum absolute atomic E-state index is 0.0132. The van der Waals surface area contributed by atoms with E-state index in [1.807, 2.05) is 37.3 Å². The Balaban J connectivity index is 1.60. The van der Waals surface area contributed by atoms with Crippen LogP contribution in [0.4, 0.5) is 10.1 Å². The van der Waals surface area contributed by atoms with Gasteiger partial charge in [0.15, 0.2) is 0 Å². The van der Waals surface area contributed by atoms with Gasteiger partial charge in [0, 0.05) is 28.4 Å². The number of hydrogen-bond donors (Lipinski definition) is 3. The molecule has 0 heterocycles. The Kier molecular flexibility index (Phi) is 11.4. The van der Waals surface area contributed by atoms with Gasteiger partial charge in [0.25, 0.3) is 16.0 Å². The summed E-state index contributed by atoms with van der Waals surface area (Å²) in [6, 6.07) is 24.0. The van der Waals surface area contributed by atoms with E-state index >= 15 is 0 Å². The van der Waals surface area contributed by atoms with Crippen molar-refractivity contribution in [2.24, 2.45) is 5.41 Å². The van der Waals surface area contributed by atoms with Gasteiger partial charge >= 0.3 is 0 Å². The second kappa shape index (κ2) is 15.1. The van der Waals surface area contributed by atoms with E-state index in [0.717, 1.165) is 22.3 Å². The summed E-state index contributed by atoms with van der Waals surface area (Å²) in [5.74, 6) is -2.42. The number of carbonyl (C=O) groups is 2. The van der Waals surface area contributed by atoms with Crippen LogP contribution < -0.4 is 10.6 Å². The standard InChI is InChI=1S/C37H38ClFN2O5S/c1-24-21-29(38)13-15-31(24)33-23-30(14-16-34(33)39)41-36(43)32(27-9-5-25(6-10-27)17-18-37(2,3)4)22-26-7-11-28(12-8-26)35(42)40-19-20-47(44,45)46/h5-18,21,23,32H,19-20,22H2,1-4H3,(H,40,42)(H,41,43)(H,44,45,46)/b18-17+. The van der Waals surface area contributed by atoms with Crippen LogP contribution in [0.15, 0.2) is 91.0 Å². The van der Waals surface area contributed by atoms with Crippen LogP contribution in [0.3, 0.4) is 0 Å². The van der Waals surface area contributed by atoms with E-state index in [1.165, 1.54) is 12.1 Å². The van der Waals surface area contributed by atoms with E-state index in [2.05, 4.69) is 37.5 Å². The van der Waals surface area contributed by atoms with Crippen LogP contribution >= 0.6 is 11.6 Å². The van der Waals surface area contributed by atoms with Crippen molar-refractivity contribution >= 4 is 45.3 Å². The Hall–Kier alpha value is -4.31. The molecule has 0 spiro atoms. The van der Waals surface area contributed by atoms with Gasteiger partial charge in [0.05, 0.1) is 11.7 Å². The number of nitrogens with one attached hydrogen (secondary N) is 2. The molecule has 0 aliphatic rings. The predicted molar refractivity (Wildman–Crippen MR) is 187 cm³/mol. The maximum absolute atomic E-state index is 15.0. The van der Waals surface area contributed by atoms with Crippen molar-refractivity contribution in [1.29, 1.82) is 0 Å². The van der Waals surface area contributed by atoms with Crippen molar-refractivity contribution in [1.82, 2.24) is 5.32 Å². The van der Waals surface area contributed by atoms with Gasteiger partial charge in [0.2, 0.25) is 5.91 Å². The van der Waals surface area contributed by atoms with E-state index in [1.54, 1.807) is 48.5 Å². The van der Waals surface area contributed by atoms with Crippen molar-refractivity contribution in [3.05, 3.63) is 130 Å². The molecule has 1 unspecified atom stereocenters. The molecule has 0 saturated heterocycles. The zero-order valence-electron chi connectivity index (χ0n) is 26.7. The molecule has 7 nitrogen and oxygen atoms in total. The number of allylic oxidation sites excluding steroid dienone is 1. The quantitative estimate of drug-likeness (QED) is 0.139. The zero-order chi connectivity index (χ0) is 34.4. The Morgan fingerprint density at radius 1 is 0.936 bits per heavy atom. The number of hydrogen-bond acceptors (Lipinski definition) is 4. The average molecular weight is 677 g/mol. The molecule has 3 N–H and O–H groups in total. The fourth-order valence-corrected chi connectivity index (χ4v) is 5.53. The summed E-state index contributed by atoms with van der Waals surface area (Å²) in [5, 5.41) is 5.98. The van der Waals surface area contributed by atoms with Crippen LogP contribution in [0, 0.1) is 18.2 Å². The van der Waals surface area contributed by atoms with Crippen molar-refractivity contribution in [3.63, 3.8) is 0 Å². The molecule has 0 radical (unpaired) electrons. The number of benzene rings is 4. The second-order valence-electron chi connectivity index (χ2n) is 12.5. The molecule has 246 valence electrons. The first-order chi connectivity index (χ1) is 22.1. The summed E-state index contributed by atoms with van der Waals surface area (Å²) >= 11 is 6.11. The number of aryl methyl sites for hydroxylation is 1. The Bertz CT molecular complexity index is 1880. The van der Waals surface area contributed by atoms with E-state index in [9.17, 15) is 22.4 Å². The lowest BCUT2D eigenvalue weighted by Gasteiger charge is -2.19. The molecule has 47 heavy (non-hydrogen) atoms. The van der Waals surface area contributed by atoms with Crippen LogP contribution in [0.2, 0.25) is 5.02 Å². The van der Waals surface area contributed by atoms with Crippen LogP contribution in [0.25, 0.3) is 17.2 Å². The predicted octanol–water partition coefficient (Wildman–Crippen LogP) is 8.10. The third kappa shape index (κ3) is 10.6. The maximum Gasteiger partial charge on any atom is 0.266 e. The highest BCUT2D eigenvalue weighted by Gasteiger charge is 2.23. The average Bonchev–Trinajstić information content (AvgIpc) is 2.99. The Labute approximate surface area is 280 Å². The lowest BCUT2D eigenvalue weighted by atomic mass is 9.89. The van der Waals surface area contributed by atoms with E-state index in [-0.39, 0.29) is 17.9 Å². The van der Waals surface area contributed by atoms with Crippen LogP contribution in [0.5, 0.6) is 0 Å². The highest BCUT2D eigenvalue weighted by Crippen LogP contribution is 2.31. The minimum atomic E-state index is -4.19. The van der Waals surface area contributed by atoms with Gasteiger partial charge in [-0.3, -0.25) is 14.1 Å². The lowest BCUT2D eigenvalue weighted by Crippen LogP contribution is -2.28. The van der Waals surface area contributed by atoms with Crippen molar-refractivity contribution in [2.45, 2.75) is 40.0 Å². The molecule has 0 bridgehead atoms. The molecule has 4 aromatic carbocycles.